The van der Waals surface area contributed by atoms with Gasteiger partial charge in [0.1, 0.15) is 17.2 Å². The first-order valence-corrected chi connectivity index (χ1v) is 7.63. The molecule has 1 aliphatic heterocycles. The zero-order valence-electron chi connectivity index (χ0n) is 12.2. The van der Waals surface area contributed by atoms with E-state index in [1.807, 2.05) is 22.8 Å². The van der Waals surface area contributed by atoms with Crippen molar-refractivity contribution in [3.05, 3.63) is 54.2 Å². The Morgan fingerprint density at radius 2 is 2.14 bits per heavy atom. The fourth-order valence-corrected chi connectivity index (χ4v) is 3.13. The van der Waals surface area contributed by atoms with Crippen LogP contribution in [0.15, 0.2) is 42.6 Å². The van der Waals surface area contributed by atoms with E-state index >= 15 is 0 Å². The molecule has 4 rings (SSSR count). The number of hydrogen-bond acceptors (Lipinski definition) is 3. The molecule has 0 saturated carbocycles. The summed E-state index contributed by atoms with van der Waals surface area (Å²) >= 11 is 0. The molecule has 2 aromatic heterocycles. The Bertz CT molecular complexity index is 805. The highest BCUT2D eigenvalue weighted by Gasteiger charge is 2.21. The quantitative estimate of drug-likeness (QED) is 0.808. The van der Waals surface area contributed by atoms with E-state index in [4.69, 9.17) is 0 Å². The van der Waals surface area contributed by atoms with Crippen LogP contribution in [0.25, 0.3) is 16.9 Å². The molecule has 1 unspecified atom stereocenters. The maximum atomic E-state index is 14.3. The van der Waals surface area contributed by atoms with Gasteiger partial charge in [0.15, 0.2) is 5.65 Å². The zero-order valence-corrected chi connectivity index (χ0v) is 12.2. The normalized spacial score (nSPS) is 18.1. The largest absolute Gasteiger partial charge is 0.314 e. The van der Waals surface area contributed by atoms with E-state index in [2.05, 4.69) is 15.3 Å². The number of halogens is 1. The van der Waals surface area contributed by atoms with Crippen LogP contribution in [-0.4, -0.2) is 27.1 Å². The van der Waals surface area contributed by atoms with Crippen molar-refractivity contribution in [2.24, 2.45) is 0 Å². The highest BCUT2D eigenvalue weighted by atomic mass is 19.1. The molecule has 3 aromatic rings. The minimum atomic E-state index is -0.256. The van der Waals surface area contributed by atoms with Crippen LogP contribution < -0.4 is 5.32 Å². The van der Waals surface area contributed by atoms with Crippen molar-refractivity contribution < 1.29 is 4.39 Å². The smallest absolute Gasteiger partial charge is 0.164 e. The molecule has 0 aliphatic carbocycles. The van der Waals surface area contributed by atoms with Crippen molar-refractivity contribution in [1.82, 2.24) is 19.9 Å². The maximum Gasteiger partial charge on any atom is 0.164 e. The van der Waals surface area contributed by atoms with Crippen molar-refractivity contribution >= 4 is 11.2 Å². The third kappa shape index (κ3) is 2.27. The molecule has 3 heterocycles. The van der Waals surface area contributed by atoms with Crippen molar-refractivity contribution in [1.29, 1.82) is 0 Å². The summed E-state index contributed by atoms with van der Waals surface area (Å²) in [6, 6.07) is 11.0. The minimum Gasteiger partial charge on any atom is -0.314 e. The number of benzene rings is 1. The molecule has 112 valence electrons. The first-order chi connectivity index (χ1) is 10.8. The van der Waals surface area contributed by atoms with Gasteiger partial charge in [-0.2, -0.15) is 0 Å². The number of imidazole rings is 1. The van der Waals surface area contributed by atoms with Crippen LogP contribution >= 0.6 is 0 Å². The summed E-state index contributed by atoms with van der Waals surface area (Å²) < 4.78 is 16.1. The molecule has 4 nitrogen and oxygen atoms in total. The molecular formula is C17H17FN4. The van der Waals surface area contributed by atoms with Crippen LogP contribution in [0.2, 0.25) is 0 Å². The molecule has 22 heavy (non-hydrogen) atoms. The Morgan fingerprint density at radius 1 is 1.23 bits per heavy atom. The van der Waals surface area contributed by atoms with Crippen LogP contribution in [0.4, 0.5) is 4.39 Å². The predicted molar refractivity (Wildman–Crippen MR) is 83.6 cm³/mol. The first kappa shape index (κ1) is 13.4. The predicted octanol–water partition coefficient (Wildman–Crippen LogP) is 2.85. The summed E-state index contributed by atoms with van der Waals surface area (Å²) in [4.78, 5) is 9.09. The van der Waals surface area contributed by atoms with Crippen LogP contribution in [0.3, 0.4) is 0 Å². The molecule has 0 spiro atoms. The maximum absolute atomic E-state index is 14.3. The van der Waals surface area contributed by atoms with Gasteiger partial charge in [0.2, 0.25) is 0 Å². The second-order valence-corrected chi connectivity index (χ2v) is 5.66. The SMILES string of the molecule is Fc1ccccc1-n1c(CC2CCCN2)nc2cccnc21. The lowest BCUT2D eigenvalue weighted by Gasteiger charge is -2.13. The van der Waals surface area contributed by atoms with Crippen LogP contribution in [0, 0.1) is 5.82 Å². The highest BCUT2D eigenvalue weighted by Crippen LogP contribution is 2.23. The van der Waals surface area contributed by atoms with E-state index in [0.29, 0.717) is 17.4 Å². The Kier molecular flexibility index (Phi) is 3.35. The zero-order chi connectivity index (χ0) is 14.9. The van der Waals surface area contributed by atoms with Crippen LogP contribution in [-0.2, 0) is 6.42 Å². The van der Waals surface area contributed by atoms with Crippen LogP contribution in [0.1, 0.15) is 18.7 Å². The Labute approximate surface area is 128 Å². The van der Waals surface area contributed by atoms with Gasteiger partial charge in [-0.1, -0.05) is 12.1 Å². The molecule has 0 amide bonds. The number of para-hydroxylation sites is 1. The van der Waals surface area contributed by atoms with Gasteiger partial charge >= 0.3 is 0 Å². The number of rotatable bonds is 3. The van der Waals surface area contributed by atoms with Crippen LogP contribution in [0.5, 0.6) is 0 Å². The molecule has 5 heteroatoms. The Morgan fingerprint density at radius 3 is 2.95 bits per heavy atom. The van der Waals surface area contributed by atoms with Gasteiger partial charge in [0.05, 0.1) is 5.69 Å². The average Bonchev–Trinajstić information content (AvgIpc) is 3.16. The van der Waals surface area contributed by atoms with E-state index in [1.165, 1.54) is 12.5 Å². The molecule has 1 fully saturated rings. The fraction of sp³-hybridized carbons (Fsp3) is 0.294. The Balaban J connectivity index is 1.88. The molecule has 0 radical (unpaired) electrons. The topological polar surface area (TPSA) is 42.7 Å². The second-order valence-electron chi connectivity index (χ2n) is 5.66. The molecule has 1 atom stereocenters. The summed E-state index contributed by atoms with van der Waals surface area (Å²) in [7, 11) is 0. The fourth-order valence-electron chi connectivity index (χ4n) is 3.13. The molecule has 1 aromatic carbocycles. The van der Waals surface area contributed by atoms with Gasteiger partial charge in [-0.25, -0.2) is 14.4 Å². The summed E-state index contributed by atoms with van der Waals surface area (Å²) in [6.45, 7) is 1.04. The lowest BCUT2D eigenvalue weighted by Crippen LogP contribution is -2.25. The van der Waals surface area contributed by atoms with Gasteiger partial charge < -0.3 is 5.32 Å². The number of aromatic nitrogens is 3. The van der Waals surface area contributed by atoms with Gasteiger partial charge in [-0.3, -0.25) is 4.57 Å². The van der Waals surface area contributed by atoms with Crippen molar-refractivity contribution in [3.63, 3.8) is 0 Å². The third-order valence-corrected chi connectivity index (χ3v) is 4.17. The third-order valence-electron chi connectivity index (χ3n) is 4.17. The highest BCUT2D eigenvalue weighted by molar-refractivity contribution is 5.73. The molecule has 1 saturated heterocycles. The second kappa shape index (κ2) is 5.50. The molecule has 0 bridgehead atoms. The van der Waals surface area contributed by atoms with E-state index < -0.39 is 0 Å². The summed E-state index contributed by atoms with van der Waals surface area (Å²) in [5.74, 6) is 0.603. The van der Waals surface area contributed by atoms with E-state index in [9.17, 15) is 4.39 Å². The van der Waals surface area contributed by atoms with Gasteiger partial charge in [0.25, 0.3) is 0 Å². The molecular weight excluding hydrogens is 279 g/mol. The molecule has 1 aliphatic rings. The van der Waals surface area contributed by atoms with Crippen molar-refractivity contribution in [2.75, 3.05) is 6.54 Å². The number of hydrogen-bond donors (Lipinski definition) is 1. The standard InChI is InChI=1S/C17H17FN4/c18-13-6-1-2-8-15(13)22-16(11-12-5-3-9-19-12)21-14-7-4-10-20-17(14)22/h1-2,4,6-8,10,12,19H,3,5,9,11H2. The number of fused-ring (bicyclic) bond motifs is 1. The monoisotopic (exact) mass is 296 g/mol. The Hall–Kier alpha value is -2.27. The van der Waals surface area contributed by atoms with E-state index in [-0.39, 0.29) is 5.82 Å². The lowest BCUT2D eigenvalue weighted by atomic mass is 10.1. The summed E-state index contributed by atoms with van der Waals surface area (Å²) in [5.41, 5.74) is 2.02. The number of nitrogens with one attached hydrogen (secondary N) is 1. The summed E-state index contributed by atoms with van der Waals surface area (Å²) in [5, 5.41) is 3.48. The number of nitrogens with zero attached hydrogens (tertiary/aromatic N) is 3. The lowest BCUT2D eigenvalue weighted by molar-refractivity contribution is 0.575. The average molecular weight is 296 g/mol. The van der Waals surface area contributed by atoms with Crippen molar-refractivity contribution in [3.8, 4) is 5.69 Å². The van der Waals surface area contributed by atoms with Crippen molar-refractivity contribution in [2.45, 2.75) is 25.3 Å². The van der Waals surface area contributed by atoms with Gasteiger partial charge in [0, 0.05) is 18.7 Å². The van der Waals surface area contributed by atoms with E-state index in [0.717, 1.165) is 30.7 Å². The van der Waals surface area contributed by atoms with Gasteiger partial charge in [-0.15, -0.1) is 0 Å². The number of pyridine rings is 1. The van der Waals surface area contributed by atoms with Gasteiger partial charge in [-0.05, 0) is 43.7 Å². The summed E-state index contributed by atoms with van der Waals surface area (Å²) in [6.07, 6.45) is 4.82. The molecule has 1 N–H and O–H groups in total. The minimum absolute atomic E-state index is 0.256. The first-order valence-electron chi connectivity index (χ1n) is 7.63. The van der Waals surface area contributed by atoms with E-state index in [1.54, 1.807) is 18.3 Å².